The average Bonchev–Trinajstić information content (AvgIpc) is 3.33. The zero-order valence-electron chi connectivity index (χ0n) is 19.8. The van der Waals surface area contributed by atoms with Crippen LogP contribution in [0.15, 0.2) is 96.3 Å². The van der Waals surface area contributed by atoms with Crippen molar-refractivity contribution in [3.8, 4) is 0 Å². The number of rotatable bonds is 7. The molecule has 6 nitrogen and oxygen atoms in total. The molecule has 1 aliphatic heterocycles. The molecular weight excluding hydrogens is 456 g/mol. The number of hydrogen-bond donors (Lipinski definition) is 1. The summed E-state index contributed by atoms with van der Waals surface area (Å²) in [5.74, 6) is 0. The van der Waals surface area contributed by atoms with Gasteiger partial charge >= 0.3 is 0 Å². The molecule has 0 radical (unpaired) electrons. The number of sulfonamides is 1. The van der Waals surface area contributed by atoms with E-state index >= 15 is 0 Å². The van der Waals surface area contributed by atoms with E-state index in [0.717, 1.165) is 35.3 Å². The van der Waals surface area contributed by atoms with Crippen LogP contribution in [0.4, 0.5) is 5.69 Å². The Kier molecular flexibility index (Phi) is 6.70. The molecule has 1 aliphatic rings. The largest absolute Gasteiger partial charge is 0.361 e. The molecule has 180 valence electrons. The minimum Gasteiger partial charge on any atom is -0.361 e. The molecule has 0 saturated carbocycles. The number of para-hydroxylation sites is 1. The molecular formula is C28H30N4O2S. The van der Waals surface area contributed by atoms with Gasteiger partial charge in [-0.1, -0.05) is 66.2 Å². The van der Waals surface area contributed by atoms with E-state index in [1.807, 2.05) is 61.7 Å². The maximum Gasteiger partial charge on any atom is 0.243 e. The maximum absolute atomic E-state index is 13.8. The van der Waals surface area contributed by atoms with Crippen molar-refractivity contribution in [1.29, 1.82) is 0 Å². The number of aromatic amines is 1. The van der Waals surface area contributed by atoms with Crippen LogP contribution >= 0.6 is 0 Å². The number of imidazole rings is 1. The van der Waals surface area contributed by atoms with Crippen LogP contribution < -0.4 is 4.90 Å². The molecule has 5 rings (SSSR count). The van der Waals surface area contributed by atoms with Crippen LogP contribution in [0.25, 0.3) is 0 Å². The van der Waals surface area contributed by atoms with Gasteiger partial charge in [0, 0.05) is 31.0 Å². The summed E-state index contributed by atoms with van der Waals surface area (Å²) in [7, 11) is -3.66. The minimum absolute atomic E-state index is 0.0117. The van der Waals surface area contributed by atoms with Crippen LogP contribution in [0.2, 0.25) is 0 Å². The average molecular weight is 487 g/mol. The van der Waals surface area contributed by atoms with Gasteiger partial charge in [0.05, 0.1) is 23.5 Å². The van der Waals surface area contributed by atoms with Gasteiger partial charge in [-0.05, 0) is 49.1 Å². The maximum atomic E-state index is 13.8. The van der Waals surface area contributed by atoms with Gasteiger partial charge in [-0.3, -0.25) is 0 Å². The van der Waals surface area contributed by atoms with Gasteiger partial charge in [-0.2, -0.15) is 4.31 Å². The van der Waals surface area contributed by atoms with E-state index in [1.165, 1.54) is 5.56 Å². The van der Waals surface area contributed by atoms with Gasteiger partial charge in [0.25, 0.3) is 0 Å². The SMILES string of the molecule is Cc1ccc(S(=O)(=O)N2Cc3ccccc3N(Cc3cnc[nH]3)C(CCc3ccccc3)C2)cc1. The van der Waals surface area contributed by atoms with E-state index in [2.05, 4.69) is 33.1 Å². The summed E-state index contributed by atoms with van der Waals surface area (Å²) in [6.07, 6.45) is 5.22. The molecule has 0 aliphatic carbocycles. The molecule has 0 fully saturated rings. The Balaban J connectivity index is 1.53. The van der Waals surface area contributed by atoms with Gasteiger partial charge in [-0.25, -0.2) is 13.4 Å². The number of H-pyrrole nitrogens is 1. The Labute approximate surface area is 207 Å². The van der Waals surface area contributed by atoms with Crippen molar-refractivity contribution >= 4 is 15.7 Å². The molecule has 1 aromatic heterocycles. The Bertz CT molecular complexity index is 1350. The second kappa shape index (κ2) is 10.1. The van der Waals surface area contributed by atoms with E-state index in [0.29, 0.717) is 24.5 Å². The highest BCUT2D eigenvalue weighted by atomic mass is 32.2. The van der Waals surface area contributed by atoms with Crippen LogP contribution in [0.5, 0.6) is 0 Å². The van der Waals surface area contributed by atoms with E-state index in [1.54, 1.807) is 22.8 Å². The number of nitrogens with zero attached hydrogens (tertiary/aromatic N) is 3. The zero-order chi connectivity index (χ0) is 24.3. The van der Waals surface area contributed by atoms with E-state index in [9.17, 15) is 8.42 Å². The van der Waals surface area contributed by atoms with Gasteiger partial charge in [0.1, 0.15) is 0 Å². The highest BCUT2D eigenvalue weighted by Gasteiger charge is 2.34. The molecule has 1 unspecified atom stereocenters. The predicted molar refractivity (Wildman–Crippen MR) is 139 cm³/mol. The van der Waals surface area contributed by atoms with Crippen molar-refractivity contribution < 1.29 is 8.42 Å². The lowest BCUT2D eigenvalue weighted by atomic mass is 10.0. The number of anilines is 1. The monoisotopic (exact) mass is 486 g/mol. The first-order chi connectivity index (χ1) is 17.0. The first-order valence-corrected chi connectivity index (χ1v) is 13.4. The summed E-state index contributed by atoms with van der Waals surface area (Å²) in [6.45, 7) is 3.35. The molecule has 1 N–H and O–H groups in total. The summed E-state index contributed by atoms with van der Waals surface area (Å²) in [5, 5.41) is 0. The molecule has 0 saturated heterocycles. The molecule has 0 amide bonds. The molecule has 35 heavy (non-hydrogen) atoms. The lowest BCUT2D eigenvalue weighted by Crippen LogP contribution is -2.43. The standard InChI is InChI=1S/C28H30N4O2S/c1-22-11-15-27(16-12-22)35(33,34)31-18-24-9-5-6-10-28(24)32(19-25-17-29-21-30-25)26(20-31)14-13-23-7-3-2-4-8-23/h2-12,15-17,21,26H,13-14,18-20H2,1H3,(H,29,30). The molecule has 3 aromatic carbocycles. The minimum atomic E-state index is -3.66. The quantitative estimate of drug-likeness (QED) is 0.402. The number of aromatic nitrogens is 2. The summed E-state index contributed by atoms with van der Waals surface area (Å²) >= 11 is 0. The van der Waals surface area contributed by atoms with Crippen molar-refractivity contribution in [2.24, 2.45) is 0 Å². The molecule has 2 heterocycles. The number of nitrogens with one attached hydrogen (secondary N) is 1. The third kappa shape index (κ3) is 5.16. The fraction of sp³-hybridized carbons (Fsp3) is 0.250. The lowest BCUT2D eigenvalue weighted by molar-refractivity contribution is 0.370. The number of hydrogen-bond acceptors (Lipinski definition) is 4. The second-order valence-electron chi connectivity index (χ2n) is 9.12. The smallest absolute Gasteiger partial charge is 0.243 e. The van der Waals surface area contributed by atoms with Gasteiger partial charge < -0.3 is 9.88 Å². The second-order valence-corrected chi connectivity index (χ2v) is 11.1. The highest BCUT2D eigenvalue weighted by Crippen LogP contribution is 2.33. The number of benzene rings is 3. The van der Waals surface area contributed by atoms with E-state index in [4.69, 9.17) is 0 Å². The lowest BCUT2D eigenvalue weighted by Gasteiger charge is -2.34. The molecule has 0 bridgehead atoms. The van der Waals surface area contributed by atoms with Crippen LogP contribution in [0.3, 0.4) is 0 Å². The molecule has 7 heteroatoms. The third-order valence-corrected chi connectivity index (χ3v) is 8.49. The number of aryl methyl sites for hydroxylation is 2. The third-order valence-electron chi connectivity index (χ3n) is 6.67. The zero-order valence-corrected chi connectivity index (χ0v) is 20.7. The molecule has 4 aromatic rings. The van der Waals surface area contributed by atoms with Gasteiger partial charge in [-0.15, -0.1) is 0 Å². The summed E-state index contributed by atoms with van der Waals surface area (Å²) in [6, 6.07) is 25.6. The Morgan fingerprint density at radius 2 is 1.71 bits per heavy atom. The Morgan fingerprint density at radius 1 is 0.971 bits per heavy atom. The first kappa shape index (κ1) is 23.3. The predicted octanol–water partition coefficient (Wildman–Crippen LogP) is 4.93. The topological polar surface area (TPSA) is 69.3 Å². The van der Waals surface area contributed by atoms with Crippen molar-refractivity contribution in [2.75, 3.05) is 11.4 Å². The van der Waals surface area contributed by atoms with Crippen LogP contribution in [-0.4, -0.2) is 35.3 Å². The first-order valence-electron chi connectivity index (χ1n) is 11.9. The molecule has 1 atom stereocenters. The van der Waals surface area contributed by atoms with E-state index in [-0.39, 0.29) is 6.04 Å². The normalized spacial score (nSPS) is 16.6. The molecule has 0 spiro atoms. The van der Waals surface area contributed by atoms with Gasteiger partial charge in [0.2, 0.25) is 10.0 Å². The van der Waals surface area contributed by atoms with Crippen molar-refractivity contribution in [3.05, 3.63) is 114 Å². The van der Waals surface area contributed by atoms with Crippen molar-refractivity contribution in [2.45, 2.75) is 43.8 Å². The fourth-order valence-corrected chi connectivity index (χ4v) is 6.20. The van der Waals surface area contributed by atoms with Crippen molar-refractivity contribution in [3.63, 3.8) is 0 Å². The number of fused-ring (bicyclic) bond motifs is 1. The van der Waals surface area contributed by atoms with Crippen molar-refractivity contribution in [1.82, 2.24) is 14.3 Å². The fourth-order valence-electron chi connectivity index (χ4n) is 4.75. The summed E-state index contributed by atoms with van der Waals surface area (Å²) in [4.78, 5) is 10.1. The Morgan fingerprint density at radius 3 is 2.46 bits per heavy atom. The van der Waals surface area contributed by atoms with Crippen LogP contribution in [0.1, 0.15) is 28.8 Å². The summed E-state index contributed by atoms with van der Waals surface area (Å²) < 4.78 is 29.2. The summed E-state index contributed by atoms with van der Waals surface area (Å²) in [5.41, 5.74) is 5.36. The van der Waals surface area contributed by atoms with Gasteiger partial charge in [0.15, 0.2) is 0 Å². The van der Waals surface area contributed by atoms with E-state index < -0.39 is 10.0 Å². The highest BCUT2D eigenvalue weighted by molar-refractivity contribution is 7.89. The van der Waals surface area contributed by atoms with Crippen LogP contribution in [-0.2, 0) is 29.5 Å². The van der Waals surface area contributed by atoms with Crippen LogP contribution in [0, 0.1) is 6.92 Å². The Hall–Kier alpha value is -3.42.